The van der Waals surface area contributed by atoms with Gasteiger partial charge < -0.3 is 18.9 Å². The maximum absolute atomic E-state index is 12.0. The van der Waals surface area contributed by atoms with Crippen molar-refractivity contribution in [2.75, 3.05) is 46.8 Å². The summed E-state index contributed by atoms with van der Waals surface area (Å²) in [5, 5.41) is 0. The fourth-order valence-corrected chi connectivity index (χ4v) is 2.53. The van der Waals surface area contributed by atoms with Crippen molar-refractivity contribution in [2.24, 2.45) is 0 Å². The lowest BCUT2D eigenvalue weighted by atomic mass is 10.2. The van der Waals surface area contributed by atoms with Crippen LogP contribution < -0.4 is 0 Å². The van der Waals surface area contributed by atoms with E-state index >= 15 is 0 Å². The Balaban J connectivity index is 2.03. The summed E-state index contributed by atoms with van der Waals surface area (Å²) in [5.41, 5.74) is 0. The standard InChI is InChI=1S/C14H21ClO5S/c1-11(14(16)12-3-4-13(15)21-12)20-10-9-19-8-7-18-6-5-17-2/h3-4,11H,5-10H2,1-2H3. The van der Waals surface area contributed by atoms with Crippen molar-refractivity contribution in [1.82, 2.24) is 0 Å². The molecule has 1 aromatic rings. The first-order chi connectivity index (χ1) is 10.1. The second kappa shape index (κ2) is 11.1. The number of halogens is 1. The molecule has 0 fully saturated rings. The Labute approximate surface area is 134 Å². The first kappa shape index (κ1) is 18.5. The van der Waals surface area contributed by atoms with Gasteiger partial charge in [-0.15, -0.1) is 11.3 Å². The molecule has 0 aliphatic carbocycles. The number of thiophene rings is 1. The largest absolute Gasteiger partial charge is 0.382 e. The molecule has 1 aromatic heterocycles. The summed E-state index contributed by atoms with van der Waals surface area (Å²) in [6, 6.07) is 3.42. The molecule has 1 unspecified atom stereocenters. The zero-order chi connectivity index (χ0) is 15.5. The summed E-state index contributed by atoms with van der Waals surface area (Å²) >= 11 is 7.06. The highest BCUT2D eigenvalue weighted by Crippen LogP contribution is 2.23. The normalized spacial score (nSPS) is 12.5. The van der Waals surface area contributed by atoms with Crippen molar-refractivity contribution in [3.8, 4) is 0 Å². The fraction of sp³-hybridized carbons (Fsp3) is 0.643. The molecule has 0 radical (unpaired) electrons. The maximum atomic E-state index is 12.0. The lowest BCUT2D eigenvalue weighted by Gasteiger charge is -2.11. The summed E-state index contributed by atoms with van der Waals surface area (Å²) in [4.78, 5) is 12.6. The Morgan fingerprint density at radius 1 is 1.14 bits per heavy atom. The van der Waals surface area contributed by atoms with Crippen LogP contribution in [0.2, 0.25) is 4.34 Å². The van der Waals surface area contributed by atoms with Crippen LogP contribution in [-0.2, 0) is 18.9 Å². The highest BCUT2D eigenvalue weighted by Gasteiger charge is 2.17. The molecule has 0 bridgehead atoms. The topological polar surface area (TPSA) is 54.0 Å². The third kappa shape index (κ3) is 7.90. The predicted octanol–water partition coefficient (Wildman–Crippen LogP) is 2.67. The minimum absolute atomic E-state index is 0.0604. The Morgan fingerprint density at radius 3 is 2.33 bits per heavy atom. The van der Waals surface area contributed by atoms with Gasteiger partial charge in [0.05, 0.1) is 48.9 Å². The van der Waals surface area contributed by atoms with Gasteiger partial charge in [-0.3, -0.25) is 4.79 Å². The number of methoxy groups -OCH3 is 1. The van der Waals surface area contributed by atoms with Crippen LogP contribution in [0.15, 0.2) is 12.1 Å². The van der Waals surface area contributed by atoms with Gasteiger partial charge in [-0.05, 0) is 19.1 Å². The van der Waals surface area contributed by atoms with E-state index in [9.17, 15) is 4.79 Å². The van der Waals surface area contributed by atoms with Gasteiger partial charge in [0, 0.05) is 7.11 Å². The van der Waals surface area contributed by atoms with Crippen LogP contribution in [-0.4, -0.2) is 58.6 Å². The number of hydrogen-bond donors (Lipinski definition) is 0. The van der Waals surface area contributed by atoms with Crippen molar-refractivity contribution in [3.05, 3.63) is 21.3 Å². The summed E-state index contributed by atoms with van der Waals surface area (Å²) in [6.07, 6.45) is -0.499. The molecule has 1 atom stereocenters. The number of rotatable bonds is 12. The van der Waals surface area contributed by atoms with Gasteiger partial charge in [0.25, 0.3) is 0 Å². The molecule has 5 nitrogen and oxygen atoms in total. The van der Waals surface area contributed by atoms with Crippen LogP contribution in [0.1, 0.15) is 16.6 Å². The van der Waals surface area contributed by atoms with Crippen LogP contribution in [0.4, 0.5) is 0 Å². The van der Waals surface area contributed by atoms with Gasteiger partial charge in [-0.25, -0.2) is 0 Å². The number of carbonyl (C=O) groups is 1. The van der Waals surface area contributed by atoms with Gasteiger partial charge in [0.15, 0.2) is 0 Å². The Morgan fingerprint density at radius 2 is 1.76 bits per heavy atom. The maximum Gasteiger partial charge on any atom is 0.201 e. The zero-order valence-corrected chi connectivity index (χ0v) is 13.9. The average molecular weight is 337 g/mol. The van der Waals surface area contributed by atoms with Gasteiger partial charge in [-0.2, -0.15) is 0 Å². The molecule has 0 saturated heterocycles. The second-order valence-electron chi connectivity index (χ2n) is 4.20. The minimum atomic E-state index is -0.499. The number of ketones is 1. The van der Waals surface area contributed by atoms with Crippen molar-refractivity contribution in [1.29, 1.82) is 0 Å². The van der Waals surface area contributed by atoms with E-state index in [2.05, 4.69) is 0 Å². The number of Topliss-reactive ketones (excluding diaryl/α,β-unsaturated/α-hetero) is 1. The highest BCUT2D eigenvalue weighted by atomic mass is 35.5. The molecule has 0 saturated carbocycles. The van der Waals surface area contributed by atoms with Gasteiger partial charge in [-0.1, -0.05) is 11.6 Å². The molecule has 1 rings (SSSR count). The molecular weight excluding hydrogens is 316 g/mol. The molecule has 120 valence electrons. The van der Waals surface area contributed by atoms with E-state index < -0.39 is 6.10 Å². The van der Waals surface area contributed by atoms with Crippen LogP contribution in [0.3, 0.4) is 0 Å². The summed E-state index contributed by atoms with van der Waals surface area (Å²) in [5.74, 6) is -0.0604. The first-order valence-corrected chi connectivity index (χ1v) is 7.90. The van der Waals surface area contributed by atoms with Crippen LogP contribution >= 0.6 is 22.9 Å². The molecule has 0 aliphatic rings. The number of ether oxygens (including phenoxy) is 4. The van der Waals surface area contributed by atoms with E-state index in [4.69, 9.17) is 30.5 Å². The van der Waals surface area contributed by atoms with Crippen LogP contribution in [0.5, 0.6) is 0 Å². The summed E-state index contributed by atoms with van der Waals surface area (Å²) in [7, 11) is 1.63. The zero-order valence-electron chi connectivity index (χ0n) is 12.3. The Bertz CT molecular complexity index is 410. The average Bonchev–Trinajstić information content (AvgIpc) is 2.91. The quantitative estimate of drug-likeness (QED) is 0.434. The lowest BCUT2D eigenvalue weighted by molar-refractivity contribution is -0.00812. The molecule has 1 heterocycles. The molecule has 0 spiro atoms. The molecule has 21 heavy (non-hydrogen) atoms. The van der Waals surface area contributed by atoms with E-state index in [1.165, 1.54) is 11.3 Å². The Hall–Kier alpha value is -0.500. The minimum Gasteiger partial charge on any atom is -0.382 e. The van der Waals surface area contributed by atoms with Crippen LogP contribution in [0, 0.1) is 0 Å². The van der Waals surface area contributed by atoms with Gasteiger partial charge in [0.1, 0.15) is 6.10 Å². The van der Waals surface area contributed by atoms with Crippen molar-refractivity contribution in [2.45, 2.75) is 13.0 Å². The van der Waals surface area contributed by atoms with E-state index in [-0.39, 0.29) is 5.78 Å². The van der Waals surface area contributed by atoms with E-state index in [0.717, 1.165) is 0 Å². The van der Waals surface area contributed by atoms with E-state index in [0.29, 0.717) is 48.9 Å². The van der Waals surface area contributed by atoms with Crippen molar-refractivity contribution in [3.63, 3.8) is 0 Å². The second-order valence-corrected chi connectivity index (χ2v) is 5.91. The van der Waals surface area contributed by atoms with Crippen molar-refractivity contribution < 1.29 is 23.7 Å². The number of hydrogen-bond acceptors (Lipinski definition) is 6. The molecule has 0 N–H and O–H groups in total. The van der Waals surface area contributed by atoms with Crippen molar-refractivity contribution >= 4 is 28.7 Å². The molecule has 0 aromatic carbocycles. The van der Waals surface area contributed by atoms with E-state index in [1.54, 1.807) is 26.2 Å². The molecule has 0 amide bonds. The smallest absolute Gasteiger partial charge is 0.201 e. The van der Waals surface area contributed by atoms with Crippen LogP contribution in [0.25, 0.3) is 0 Å². The Kier molecular flexibility index (Phi) is 9.82. The fourth-order valence-electron chi connectivity index (χ4n) is 1.47. The highest BCUT2D eigenvalue weighted by molar-refractivity contribution is 7.18. The van der Waals surface area contributed by atoms with Gasteiger partial charge >= 0.3 is 0 Å². The molecule has 0 aliphatic heterocycles. The summed E-state index contributed by atoms with van der Waals surface area (Å²) in [6.45, 7) is 4.67. The third-order valence-electron chi connectivity index (χ3n) is 2.58. The third-order valence-corrected chi connectivity index (χ3v) is 3.83. The monoisotopic (exact) mass is 336 g/mol. The SMILES string of the molecule is COCCOCCOCCOC(C)C(=O)c1ccc(Cl)s1. The summed E-state index contributed by atoms with van der Waals surface area (Å²) < 4.78 is 21.5. The van der Waals surface area contributed by atoms with E-state index in [1.807, 2.05) is 0 Å². The molecule has 7 heteroatoms. The number of carbonyl (C=O) groups excluding carboxylic acids is 1. The lowest BCUT2D eigenvalue weighted by Crippen LogP contribution is -2.22. The predicted molar refractivity (Wildman–Crippen MR) is 82.6 cm³/mol. The van der Waals surface area contributed by atoms with Gasteiger partial charge in [0.2, 0.25) is 5.78 Å². The molecular formula is C14H21ClO5S. The first-order valence-electron chi connectivity index (χ1n) is 6.70.